The fourth-order valence-electron chi connectivity index (χ4n) is 9.55. The van der Waals surface area contributed by atoms with E-state index in [1.54, 1.807) is 43.5 Å². The molecule has 3 aliphatic carbocycles. The molecular weight excluding hydrogens is 705 g/mol. The molecule has 4 aliphatic rings. The van der Waals surface area contributed by atoms with Crippen molar-refractivity contribution < 1.29 is 33.0 Å². The van der Waals surface area contributed by atoms with Crippen LogP contribution in [-0.2, 0) is 26.2 Å². The van der Waals surface area contributed by atoms with Crippen LogP contribution in [0.3, 0.4) is 0 Å². The molecule has 1 heterocycles. The number of aliphatic hydroxyl groups is 2. The number of sulfonamides is 1. The Morgan fingerprint density at radius 1 is 1.19 bits per heavy atom. The molecule has 1 aliphatic heterocycles. The fraction of sp³-hybridized carbons (Fsp3) is 0.667. The van der Waals surface area contributed by atoms with Crippen LogP contribution in [0.1, 0.15) is 79.7 Å². The topological polar surface area (TPSA) is 141 Å². The smallest absolute Gasteiger partial charge is 0.281 e. The first-order valence-corrected chi connectivity index (χ1v) is 20.9. The van der Waals surface area contributed by atoms with E-state index in [1.807, 2.05) is 43.3 Å². The normalized spacial score (nSPS) is 28.2. The summed E-state index contributed by atoms with van der Waals surface area (Å²) >= 11 is 0. The standard InChI is InChI=1S/C42H64N4O7S/c1-26-34-18-31(42(34,6)7)19-35(26)44-38(49)20-36-39(27(2)48)37(25-47)53-46(36)24-30-14-12-16-33(40(30)52-10)29-13-11-15-32(17-29)54(50,51)43-22-28(23-45(8)9)21-41(3,4)5/h11-17,22,26-28,31,34-37,39,47-48H,18-21,23-25H2,1-10H3,(H,44,49)/t26-,27-,28?,31+,34-,35-,36+,37-,39-/m0/s1. The molecule has 6 rings (SSSR count). The number of fused-ring (bicyclic) bond motifs is 2. The van der Waals surface area contributed by atoms with Crippen molar-refractivity contribution in [2.75, 3.05) is 34.4 Å². The van der Waals surface area contributed by atoms with Crippen LogP contribution in [0, 0.1) is 40.4 Å². The van der Waals surface area contributed by atoms with Gasteiger partial charge in [0.2, 0.25) is 5.91 Å². The SMILES string of the molecule is COc1c(CN2O[C@@H](CO)[C@@H]([C@H](C)O)[C@H]2CC(=O)N[C@H]2C[C@H]3C[C@@H]([C@@H]2C)C3(C)C)cccc1-c1cccc(S(=O)(=O)N=CC(CN(C)C)CC(C)(C)C)c1. The Kier molecular flexibility index (Phi) is 13.1. The number of nitrogens with one attached hydrogen (secondary N) is 1. The average Bonchev–Trinajstić information content (AvgIpc) is 3.43. The van der Waals surface area contributed by atoms with Crippen LogP contribution in [0.5, 0.6) is 5.75 Å². The highest BCUT2D eigenvalue weighted by Gasteiger charge is 2.56. The van der Waals surface area contributed by atoms with Crippen molar-refractivity contribution in [1.29, 1.82) is 0 Å². The summed E-state index contributed by atoms with van der Waals surface area (Å²) in [5.74, 6) is 1.46. The first-order chi connectivity index (χ1) is 25.2. The van der Waals surface area contributed by atoms with Crippen LogP contribution in [0.2, 0.25) is 0 Å². The van der Waals surface area contributed by atoms with Crippen molar-refractivity contribution in [3.05, 3.63) is 48.0 Å². The van der Waals surface area contributed by atoms with E-state index in [4.69, 9.17) is 9.57 Å². The second-order valence-corrected chi connectivity index (χ2v) is 19.8. The van der Waals surface area contributed by atoms with E-state index in [9.17, 15) is 23.4 Å². The zero-order chi connectivity index (χ0) is 39.7. The van der Waals surface area contributed by atoms with E-state index in [1.165, 1.54) is 6.42 Å². The molecule has 1 unspecified atom stereocenters. The summed E-state index contributed by atoms with van der Waals surface area (Å²) < 4.78 is 37.2. The molecule has 54 heavy (non-hydrogen) atoms. The van der Waals surface area contributed by atoms with Crippen LogP contribution in [-0.4, -0.2) is 99.4 Å². The van der Waals surface area contributed by atoms with Gasteiger partial charge in [-0.2, -0.15) is 17.9 Å². The number of ether oxygens (including phenoxy) is 1. The summed E-state index contributed by atoms with van der Waals surface area (Å²) in [6.07, 6.45) is 3.12. The lowest BCUT2D eigenvalue weighted by Crippen LogP contribution is -2.61. The minimum Gasteiger partial charge on any atom is -0.496 e. The second-order valence-electron chi connectivity index (χ2n) is 18.2. The molecule has 1 amide bonds. The zero-order valence-electron chi connectivity index (χ0n) is 34.0. The molecule has 9 atom stereocenters. The first kappa shape index (κ1) is 42.3. The molecule has 12 heteroatoms. The predicted octanol–water partition coefficient (Wildman–Crippen LogP) is 5.79. The summed E-state index contributed by atoms with van der Waals surface area (Å²) in [5, 5.41) is 26.2. The van der Waals surface area contributed by atoms with Gasteiger partial charge >= 0.3 is 0 Å². The highest BCUT2D eigenvalue weighted by Crippen LogP contribution is 2.61. The lowest BCUT2D eigenvalue weighted by Gasteiger charge is -2.62. The fourth-order valence-corrected chi connectivity index (χ4v) is 10.5. The highest BCUT2D eigenvalue weighted by molar-refractivity contribution is 7.90. The summed E-state index contributed by atoms with van der Waals surface area (Å²) in [6.45, 7) is 15.6. The molecule has 300 valence electrons. The molecule has 3 N–H and O–H groups in total. The molecule has 11 nitrogen and oxygen atoms in total. The first-order valence-electron chi connectivity index (χ1n) is 19.5. The number of hydrogen-bond acceptors (Lipinski definition) is 9. The number of aliphatic hydroxyl groups excluding tert-OH is 2. The summed E-state index contributed by atoms with van der Waals surface area (Å²) in [6, 6.07) is 11.9. The third-order valence-corrected chi connectivity index (χ3v) is 13.5. The third-order valence-electron chi connectivity index (χ3n) is 12.3. The van der Waals surface area contributed by atoms with Crippen LogP contribution >= 0.6 is 0 Å². The lowest BCUT2D eigenvalue weighted by atomic mass is 9.45. The highest BCUT2D eigenvalue weighted by atomic mass is 32.2. The van der Waals surface area contributed by atoms with Gasteiger partial charge in [-0.15, -0.1) is 0 Å². The molecule has 0 radical (unpaired) electrons. The van der Waals surface area contributed by atoms with Crippen molar-refractivity contribution in [3.8, 4) is 16.9 Å². The quantitative estimate of drug-likeness (QED) is 0.192. The molecule has 0 aromatic heterocycles. The monoisotopic (exact) mass is 768 g/mol. The van der Waals surface area contributed by atoms with Gasteiger partial charge in [0.05, 0.1) is 37.3 Å². The number of nitrogens with zero attached hydrogens (tertiary/aromatic N) is 3. The van der Waals surface area contributed by atoms with Crippen LogP contribution in [0.15, 0.2) is 51.8 Å². The van der Waals surface area contributed by atoms with Crippen molar-refractivity contribution in [2.45, 2.75) is 110 Å². The molecule has 1 saturated heterocycles. The summed E-state index contributed by atoms with van der Waals surface area (Å²) in [7, 11) is 1.50. The lowest BCUT2D eigenvalue weighted by molar-refractivity contribution is -0.180. The van der Waals surface area contributed by atoms with Crippen molar-refractivity contribution in [3.63, 3.8) is 0 Å². The Morgan fingerprint density at radius 2 is 1.89 bits per heavy atom. The van der Waals surface area contributed by atoms with Gasteiger partial charge in [-0.25, -0.2) is 0 Å². The number of benzene rings is 2. The molecule has 3 saturated carbocycles. The maximum atomic E-state index is 13.7. The average molecular weight is 769 g/mol. The Bertz CT molecular complexity index is 1750. The van der Waals surface area contributed by atoms with Gasteiger partial charge in [-0.05, 0) is 86.6 Å². The Balaban J connectivity index is 1.38. The third kappa shape index (κ3) is 9.38. The molecule has 0 spiro atoms. The number of hydrogen-bond donors (Lipinski definition) is 3. The van der Waals surface area contributed by atoms with Crippen LogP contribution in [0.4, 0.5) is 0 Å². The second kappa shape index (κ2) is 16.7. The van der Waals surface area contributed by atoms with Crippen molar-refractivity contribution in [2.24, 2.45) is 44.8 Å². The summed E-state index contributed by atoms with van der Waals surface area (Å²) in [5.41, 5.74) is 2.38. The largest absolute Gasteiger partial charge is 0.496 e. The van der Waals surface area contributed by atoms with Gasteiger partial charge in [0.1, 0.15) is 11.9 Å². The Morgan fingerprint density at radius 3 is 2.48 bits per heavy atom. The number of amides is 1. The van der Waals surface area contributed by atoms with Crippen LogP contribution < -0.4 is 10.1 Å². The van der Waals surface area contributed by atoms with Gasteiger partial charge in [0.15, 0.2) is 0 Å². The van der Waals surface area contributed by atoms with E-state index in [-0.39, 0.29) is 47.7 Å². The maximum absolute atomic E-state index is 13.7. The van der Waals surface area contributed by atoms with Gasteiger partial charge in [0.25, 0.3) is 10.0 Å². The van der Waals surface area contributed by atoms with Crippen molar-refractivity contribution >= 4 is 22.1 Å². The predicted molar refractivity (Wildman–Crippen MR) is 212 cm³/mol. The van der Waals surface area contributed by atoms with E-state index in [0.29, 0.717) is 46.6 Å². The number of rotatable bonds is 15. The number of para-hydroxylation sites is 1. The molecule has 2 aromatic rings. The number of carbonyl (C=O) groups is 1. The van der Waals surface area contributed by atoms with Gasteiger partial charge < -0.3 is 25.2 Å². The molecular formula is C42H64N4O7S. The van der Waals surface area contributed by atoms with E-state index < -0.39 is 34.2 Å². The molecule has 4 fully saturated rings. The van der Waals surface area contributed by atoms with Gasteiger partial charge in [0, 0.05) is 48.2 Å². The zero-order valence-corrected chi connectivity index (χ0v) is 34.8. The van der Waals surface area contributed by atoms with Crippen LogP contribution in [0.25, 0.3) is 11.1 Å². The molecule has 2 aromatic carbocycles. The minimum absolute atomic E-state index is 0.00625. The van der Waals surface area contributed by atoms with Gasteiger partial charge in [-0.1, -0.05) is 71.9 Å². The summed E-state index contributed by atoms with van der Waals surface area (Å²) in [4.78, 5) is 22.1. The molecule has 2 bridgehead atoms. The van der Waals surface area contributed by atoms with Gasteiger partial charge in [-0.3, -0.25) is 9.63 Å². The van der Waals surface area contributed by atoms with E-state index in [2.05, 4.69) is 51.3 Å². The van der Waals surface area contributed by atoms with Crippen molar-refractivity contribution in [1.82, 2.24) is 15.3 Å². The number of hydroxylamine groups is 2. The number of methoxy groups -OCH3 is 1. The maximum Gasteiger partial charge on any atom is 0.281 e. The van der Waals surface area contributed by atoms with E-state index >= 15 is 0 Å². The Labute approximate surface area is 323 Å². The van der Waals surface area contributed by atoms with E-state index in [0.717, 1.165) is 18.4 Å². The minimum atomic E-state index is -3.99. The number of carbonyl (C=O) groups excluding carboxylic acids is 1. The Hall–Kier alpha value is -2.87.